The van der Waals surface area contributed by atoms with Gasteiger partial charge in [-0.15, -0.1) is 0 Å². The van der Waals surface area contributed by atoms with E-state index in [9.17, 15) is 4.79 Å². The summed E-state index contributed by atoms with van der Waals surface area (Å²) in [6, 6.07) is 0. The quantitative estimate of drug-likeness (QED) is 0.501. The lowest BCUT2D eigenvalue weighted by Crippen LogP contribution is -2.27. The van der Waals surface area contributed by atoms with Gasteiger partial charge in [0.1, 0.15) is 0 Å². The third-order valence-electron chi connectivity index (χ3n) is 2.06. The summed E-state index contributed by atoms with van der Waals surface area (Å²) >= 11 is 0. The van der Waals surface area contributed by atoms with Crippen LogP contribution in [0.3, 0.4) is 0 Å². The molecular formula is C10H19NO2. The monoisotopic (exact) mass is 185 g/mol. The Balaban J connectivity index is 1.88. The number of esters is 1. The van der Waals surface area contributed by atoms with Crippen LogP contribution in [0.1, 0.15) is 33.1 Å². The average Bonchev–Trinajstić information content (AvgIpc) is 2.80. The molecule has 0 aliphatic heterocycles. The average molecular weight is 185 g/mol. The molecule has 0 radical (unpaired) electrons. The summed E-state index contributed by atoms with van der Waals surface area (Å²) in [5, 5.41) is 3.09. The standard InChI is InChI=1S/C10H19NO2/c1-8(2)13-10(12)7-11-6-5-9-3-4-9/h8-9,11H,3-7H2,1-2H3. The van der Waals surface area contributed by atoms with E-state index in [4.69, 9.17) is 4.74 Å². The number of nitrogens with one attached hydrogen (secondary N) is 1. The molecule has 76 valence electrons. The lowest BCUT2D eigenvalue weighted by Gasteiger charge is -2.08. The van der Waals surface area contributed by atoms with Gasteiger partial charge in [-0.3, -0.25) is 4.79 Å². The molecular weight excluding hydrogens is 166 g/mol. The van der Waals surface area contributed by atoms with Gasteiger partial charge >= 0.3 is 5.97 Å². The van der Waals surface area contributed by atoms with E-state index in [-0.39, 0.29) is 12.1 Å². The van der Waals surface area contributed by atoms with E-state index >= 15 is 0 Å². The Morgan fingerprint density at radius 1 is 1.54 bits per heavy atom. The number of hydrogen-bond acceptors (Lipinski definition) is 3. The van der Waals surface area contributed by atoms with E-state index < -0.39 is 0 Å². The molecule has 3 nitrogen and oxygen atoms in total. The highest BCUT2D eigenvalue weighted by atomic mass is 16.5. The van der Waals surface area contributed by atoms with Gasteiger partial charge in [-0.05, 0) is 32.7 Å². The van der Waals surface area contributed by atoms with Crippen LogP contribution in [0.4, 0.5) is 0 Å². The molecule has 13 heavy (non-hydrogen) atoms. The van der Waals surface area contributed by atoms with Gasteiger partial charge in [0.2, 0.25) is 0 Å². The molecule has 1 rings (SSSR count). The second-order valence-electron chi connectivity index (χ2n) is 3.95. The molecule has 0 aromatic heterocycles. The Labute approximate surface area is 79.8 Å². The first-order valence-corrected chi connectivity index (χ1v) is 5.08. The second-order valence-corrected chi connectivity index (χ2v) is 3.95. The molecule has 0 unspecified atom stereocenters. The van der Waals surface area contributed by atoms with Crippen LogP contribution in [0.15, 0.2) is 0 Å². The molecule has 1 N–H and O–H groups in total. The maximum absolute atomic E-state index is 11.0. The SMILES string of the molecule is CC(C)OC(=O)CNCCC1CC1. The summed E-state index contributed by atoms with van der Waals surface area (Å²) in [5.41, 5.74) is 0. The number of rotatable bonds is 6. The molecule has 1 fully saturated rings. The maximum atomic E-state index is 11.0. The van der Waals surface area contributed by atoms with Crippen LogP contribution in [0, 0.1) is 5.92 Å². The van der Waals surface area contributed by atoms with Crippen molar-refractivity contribution in [3.05, 3.63) is 0 Å². The molecule has 3 heteroatoms. The fourth-order valence-corrected chi connectivity index (χ4v) is 1.21. The van der Waals surface area contributed by atoms with Crippen LogP contribution in [0.25, 0.3) is 0 Å². The van der Waals surface area contributed by atoms with Crippen molar-refractivity contribution >= 4 is 5.97 Å². The van der Waals surface area contributed by atoms with E-state index in [1.54, 1.807) is 0 Å². The molecule has 0 bridgehead atoms. The molecule has 0 aromatic carbocycles. The fourth-order valence-electron chi connectivity index (χ4n) is 1.21. The first-order chi connectivity index (χ1) is 6.18. The summed E-state index contributed by atoms with van der Waals surface area (Å²) in [5.74, 6) is 0.777. The van der Waals surface area contributed by atoms with Gasteiger partial charge < -0.3 is 10.1 Å². The third-order valence-corrected chi connectivity index (χ3v) is 2.06. The van der Waals surface area contributed by atoms with Crippen molar-refractivity contribution in [2.45, 2.75) is 39.2 Å². The van der Waals surface area contributed by atoms with Gasteiger partial charge in [-0.2, -0.15) is 0 Å². The number of carbonyl (C=O) groups is 1. The molecule has 0 atom stereocenters. The first kappa shape index (κ1) is 10.5. The highest BCUT2D eigenvalue weighted by molar-refractivity contribution is 5.71. The van der Waals surface area contributed by atoms with Crippen LogP contribution >= 0.6 is 0 Å². The third kappa shape index (κ3) is 5.64. The zero-order valence-electron chi connectivity index (χ0n) is 8.51. The molecule has 0 amide bonds. The Morgan fingerprint density at radius 3 is 2.77 bits per heavy atom. The van der Waals surface area contributed by atoms with Crippen molar-refractivity contribution in [3.8, 4) is 0 Å². The molecule has 0 spiro atoms. The first-order valence-electron chi connectivity index (χ1n) is 5.08. The van der Waals surface area contributed by atoms with Crippen molar-refractivity contribution in [2.24, 2.45) is 5.92 Å². The predicted molar refractivity (Wildman–Crippen MR) is 51.4 cm³/mol. The molecule has 1 aliphatic rings. The lowest BCUT2D eigenvalue weighted by atomic mass is 10.3. The Morgan fingerprint density at radius 2 is 2.23 bits per heavy atom. The maximum Gasteiger partial charge on any atom is 0.320 e. The van der Waals surface area contributed by atoms with Gasteiger partial charge in [0, 0.05) is 0 Å². The fraction of sp³-hybridized carbons (Fsp3) is 0.900. The topological polar surface area (TPSA) is 38.3 Å². The summed E-state index contributed by atoms with van der Waals surface area (Å²) in [6.07, 6.45) is 3.95. The van der Waals surface area contributed by atoms with E-state index in [0.29, 0.717) is 6.54 Å². The lowest BCUT2D eigenvalue weighted by molar-refractivity contribution is -0.146. The predicted octanol–water partition coefficient (Wildman–Crippen LogP) is 1.33. The Kier molecular flexibility index (Phi) is 4.22. The summed E-state index contributed by atoms with van der Waals surface area (Å²) in [4.78, 5) is 11.0. The molecule has 1 saturated carbocycles. The van der Waals surface area contributed by atoms with Crippen LogP contribution in [0.5, 0.6) is 0 Å². The smallest absolute Gasteiger partial charge is 0.320 e. The zero-order chi connectivity index (χ0) is 9.68. The minimum atomic E-state index is -0.147. The summed E-state index contributed by atoms with van der Waals surface area (Å²) in [7, 11) is 0. The number of hydrogen-bond donors (Lipinski definition) is 1. The van der Waals surface area contributed by atoms with E-state index in [2.05, 4.69) is 5.32 Å². The van der Waals surface area contributed by atoms with Crippen molar-refractivity contribution in [3.63, 3.8) is 0 Å². The molecule has 1 aliphatic carbocycles. The van der Waals surface area contributed by atoms with Crippen LogP contribution in [-0.2, 0) is 9.53 Å². The van der Waals surface area contributed by atoms with Crippen LogP contribution < -0.4 is 5.32 Å². The number of carbonyl (C=O) groups excluding carboxylic acids is 1. The molecule has 0 saturated heterocycles. The van der Waals surface area contributed by atoms with E-state index in [0.717, 1.165) is 12.5 Å². The summed E-state index contributed by atoms with van der Waals surface area (Å²) < 4.78 is 4.97. The van der Waals surface area contributed by atoms with Crippen molar-refractivity contribution in [1.29, 1.82) is 0 Å². The van der Waals surface area contributed by atoms with Crippen molar-refractivity contribution < 1.29 is 9.53 Å². The minimum Gasteiger partial charge on any atom is -0.462 e. The van der Waals surface area contributed by atoms with Crippen LogP contribution in [0.2, 0.25) is 0 Å². The highest BCUT2D eigenvalue weighted by Gasteiger charge is 2.20. The number of ether oxygens (including phenoxy) is 1. The second kappa shape index (κ2) is 5.22. The van der Waals surface area contributed by atoms with Crippen molar-refractivity contribution in [2.75, 3.05) is 13.1 Å². The largest absolute Gasteiger partial charge is 0.462 e. The van der Waals surface area contributed by atoms with E-state index in [1.807, 2.05) is 13.8 Å². The highest BCUT2D eigenvalue weighted by Crippen LogP contribution is 2.31. The summed E-state index contributed by atoms with van der Waals surface area (Å²) in [6.45, 7) is 5.02. The Hall–Kier alpha value is -0.570. The van der Waals surface area contributed by atoms with Gasteiger partial charge in [0.25, 0.3) is 0 Å². The van der Waals surface area contributed by atoms with Gasteiger partial charge in [-0.1, -0.05) is 12.8 Å². The molecule has 0 heterocycles. The van der Waals surface area contributed by atoms with Crippen LogP contribution in [-0.4, -0.2) is 25.2 Å². The molecule has 0 aromatic rings. The van der Waals surface area contributed by atoms with E-state index in [1.165, 1.54) is 19.3 Å². The minimum absolute atomic E-state index is 0.00210. The van der Waals surface area contributed by atoms with Crippen molar-refractivity contribution in [1.82, 2.24) is 5.32 Å². The normalized spacial score (nSPS) is 16.2. The van der Waals surface area contributed by atoms with Gasteiger partial charge in [-0.25, -0.2) is 0 Å². The Bertz CT molecular complexity index is 164. The van der Waals surface area contributed by atoms with Gasteiger partial charge in [0.05, 0.1) is 12.6 Å². The zero-order valence-corrected chi connectivity index (χ0v) is 8.51. The van der Waals surface area contributed by atoms with Gasteiger partial charge in [0.15, 0.2) is 0 Å².